The lowest BCUT2D eigenvalue weighted by Gasteiger charge is -2.51. The van der Waals surface area contributed by atoms with Crippen LogP contribution in [-0.2, 0) is 16.6 Å². The van der Waals surface area contributed by atoms with Crippen molar-refractivity contribution in [3.63, 3.8) is 0 Å². The third-order valence-corrected chi connectivity index (χ3v) is 9.07. The number of imidazole rings is 1. The third-order valence-electron chi connectivity index (χ3n) is 9.07. The molecule has 0 bridgehead atoms. The minimum atomic E-state index is -1.24. The van der Waals surface area contributed by atoms with Crippen LogP contribution in [0.3, 0.4) is 0 Å². The molecule has 1 unspecified atom stereocenters. The van der Waals surface area contributed by atoms with Gasteiger partial charge in [0.1, 0.15) is 5.54 Å². The maximum atomic E-state index is 15.0. The van der Waals surface area contributed by atoms with Gasteiger partial charge in [0.2, 0.25) is 5.91 Å². The number of H-pyrrole nitrogens is 1. The SMILES string of the molecule is CCC1CCN(C(=O)C(N)(CCCc2nc[nH]c2C)C(c2ccccc2)(c2ccccc2)c2ccccc2)CC1.Cl. The number of nitrogens with zero attached hydrogens (tertiary/aromatic N) is 2. The van der Waals surface area contributed by atoms with Gasteiger partial charge in [0, 0.05) is 18.8 Å². The molecule has 1 fully saturated rings. The predicted molar refractivity (Wildman–Crippen MR) is 169 cm³/mol. The molecule has 41 heavy (non-hydrogen) atoms. The Hall–Kier alpha value is -3.41. The van der Waals surface area contributed by atoms with Gasteiger partial charge in [0.15, 0.2) is 0 Å². The second-order valence-electron chi connectivity index (χ2n) is 11.3. The van der Waals surface area contributed by atoms with E-state index in [9.17, 15) is 0 Å². The highest BCUT2D eigenvalue weighted by Gasteiger charge is 2.57. The molecular weight excluding hydrogens is 528 g/mol. The summed E-state index contributed by atoms with van der Waals surface area (Å²) in [5.74, 6) is 0.707. The van der Waals surface area contributed by atoms with Crippen molar-refractivity contribution in [1.29, 1.82) is 0 Å². The number of hydrogen-bond acceptors (Lipinski definition) is 3. The number of halogens is 1. The fraction of sp³-hybridized carbons (Fsp3) is 0.371. The largest absolute Gasteiger partial charge is 0.348 e. The number of piperidine rings is 1. The maximum absolute atomic E-state index is 15.0. The first-order valence-corrected chi connectivity index (χ1v) is 14.7. The van der Waals surface area contributed by atoms with E-state index in [-0.39, 0.29) is 18.3 Å². The highest BCUT2D eigenvalue weighted by molar-refractivity contribution is 5.91. The number of aromatic nitrogens is 2. The monoisotopic (exact) mass is 570 g/mol. The minimum absolute atomic E-state index is 0. The van der Waals surface area contributed by atoms with Crippen LogP contribution in [0.5, 0.6) is 0 Å². The molecule has 5 rings (SSSR count). The number of aromatic amines is 1. The van der Waals surface area contributed by atoms with E-state index in [0.717, 1.165) is 73.3 Å². The zero-order chi connectivity index (χ0) is 28.0. The Balaban J connectivity index is 0.00000387. The predicted octanol–water partition coefficient (Wildman–Crippen LogP) is 6.84. The summed E-state index contributed by atoms with van der Waals surface area (Å²) in [6.45, 7) is 5.80. The van der Waals surface area contributed by atoms with Crippen LogP contribution in [0.25, 0.3) is 0 Å². The Bertz CT molecular complexity index is 1270. The van der Waals surface area contributed by atoms with Crippen LogP contribution in [0.4, 0.5) is 0 Å². The molecular formula is C35H43ClN4O. The fourth-order valence-corrected chi connectivity index (χ4v) is 6.79. The van der Waals surface area contributed by atoms with Gasteiger partial charge >= 0.3 is 0 Å². The molecule has 0 spiro atoms. The number of nitrogens with two attached hydrogens (primary N) is 1. The summed E-state index contributed by atoms with van der Waals surface area (Å²) in [7, 11) is 0. The molecule has 1 amide bonds. The lowest BCUT2D eigenvalue weighted by molar-refractivity contribution is -0.140. The van der Waals surface area contributed by atoms with E-state index < -0.39 is 11.0 Å². The van der Waals surface area contributed by atoms with Crippen molar-refractivity contribution in [1.82, 2.24) is 14.9 Å². The Morgan fingerprint density at radius 2 is 1.39 bits per heavy atom. The van der Waals surface area contributed by atoms with E-state index in [4.69, 9.17) is 5.73 Å². The van der Waals surface area contributed by atoms with Crippen molar-refractivity contribution in [2.45, 2.75) is 63.3 Å². The molecule has 0 saturated carbocycles. The van der Waals surface area contributed by atoms with Gasteiger partial charge in [-0.1, -0.05) is 104 Å². The van der Waals surface area contributed by atoms with Crippen LogP contribution in [0.2, 0.25) is 0 Å². The smallest absolute Gasteiger partial charge is 0.244 e. The quantitative estimate of drug-likeness (QED) is 0.205. The summed E-state index contributed by atoms with van der Waals surface area (Å²) in [4.78, 5) is 24.8. The van der Waals surface area contributed by atoms with Gasteiger partial charge in [0.25, 0.3) is 0 Å². The van der Waals surface area contributed by atoms with Gasteiger partial charge in [-0.2, -0.15) is 0 Å². The summed E-state index contributed by atoms with van der Waals surface area (Å²) in [6.07, 6.45) is 6.97. The number of nitrogens with one attached hydrogen (secondary N) is 1. The number of carbonyl (C=O) groups is 1. The topological polar surface area (TPSA) is 75.0 Å². The van der Waals surface area contributed by atoms with Crippen LogP contribution in [0, 0.1) is 12.8 Å². The van der Waals surface area contributed by atoms with E-state index in [1.165, 1.54) is 0 Å². The molecule has 1 aliphatic rings. The van der Waals surface area contributed by atoms with Gasteiger partial charge in [-0.25, -0.2) is 4.98 Å². The number of carbonyl (C=O) groups excluding carboxylic acids is 1. The van der Waals surface area contributed by atoms with Gasteiger partial charge in [0.05, 0.1) is 17.4 Å². The van der Waals surface area contributed by atoms with Gasteiger partial charge in [-0.05, 0) is 61.6 Å². The summed E-state index contributed by atoms with van der Waals surface area (Å²) in [6, 6.07) is 31.2. The lowest BCUT2D eigenvalue weighted by Crippen LogP contribution is -2.68. The molecule has 0 aliphatic carbocycles. The normalized spacial score (nSPS) is 15.6. The average molecular weight is 571 g/mol. The molecule has 1 aliphatic heterocycles. The number of hydrogen-bond donors (Lipinski definition) is 2. The van der Waals surface area contributed by atoms with E-state index in [0.29, 0.717) is 12.3 Å². The number of rotatable bonds is 10. The third kappa shape index (κ3) is 5.84. The first-order valence-electron chi connectivity index (χ1n) is 14.7. The lowest BCUT2D eigenvalue weighted by atomic mass is 9.56. The highest BCUT2D eigenvalue weighted by Crippen LogP contribution is 2.49. The molecule has 4 aromatic rings. The first kappa shape index (κ1) is 30.5. The Kier molecular flexibility index (Phi) is 10.1. The number of likely N-dealkylation sites (tertiary alicyclic amines) is 1. The van der Waals surface area contributed by atoms with Gasteiger partial charge < -0.3 is 15.6 Å². The Morgan fingerprint density at radius 3 is 1.80 bits per heavy atom. The van der Waals surface area contributed by atoms with Crippen LogP contribution in [-0.4, -0.2) is 39.4 Å². The van der Waals surface area contributed by atoms with Crippen molar-refractivity contribution < 1.29 is 4.79 Å². The van der Waals surface area contributed by atoms with Crippen molar-refractivity contribution >= 4 is 18.3 Å². The molecule has 3 aromatic carbocycles. The number of aryl methyl sites for hydroxylation is 2. The van der Waals surface area contributed by atoms with Crippen molar-refractivity contribution in [2.75, 3.05) is 13.1 Å². The summed E-state index contributed by atoms with van der Waals surface area (Å²) >= 11 is 0. The molecule has 216 valence electrons. The van der Waals surface area contributed by atoms with E-state index in [1.54, 1.807) is 6.33 Å². The average Bonchev–Trinajstić information content (AvgIpc) is 3.43. The molecule has 1 atom stereocenters. The second-order valence-corrected chi connectivity index (χ2v) is 11.3. The standard InChI is InChI=1S/C35H42N4O.ClH/c1-3-28-21-24-39(25-22-28)33(40)34(36,23-13-20-32-27(2)37-26-38-32)35(29-14-7-4-8-15-29,30-16-9-5-10-17-30)31-18-11-6-12-19-31;/h4-12,14-19,26,28H,3,13,20-25,36H2,1-2H3,(H,37,38);1H. The summed E-state index contributed by atoms with van der Waals surface area (Å²) < 4.78 is 0. The van der Waals surface area contributed by atoms with Crippen LogP contribution < -0.4 is 5.73 Å². The summed E-state index contributed by atoms with van der Waals surface area (Å²) in [5.41, 5.74) is 10.8. The van der Waals surface area contributed by atoms with Crippen LogP contribution in [0.15, 0.2) is 97.3 Å². The van der Waals surface area contributed by atoms with Crippen molar-refractivity contribution in [3.8, 4) is 0 Å². The molecule has 2 heterocycles. The van der Waals surface area contributed by atoms with Crippen molar-refractivity contribution in [3.05, 3.63) is 125 Å². The highest BCUT2D eigenvalue weighted by atomic mass is 35.5. The Morgan fingerprint density at radius 1 is 0.902 bits per heavy atom. The van der Waals surface area contributed by atoms with Crippen molar-refractivity contribution in [2.24, 2.45) is 11.7 Å². The fourth-order valence-electron chi connectivity index (χ4n) is 6.79. The van der Waals surface area contributed by atoms with E-state index >= 15 is 4.79 Å². The maximum Gasteiger partial charge on any atom is 0.244 e. The molecule has 3 N–H and O–H groups in total. The Labute approximate surface area is 251 Å². The molecule has 1 aromatic heterocycles. The zero-order valence-electron chi connectivity index (χ0n) is 24.3. The summed E-state index contributed by atoms with van der Waals surface area (Å²) in [5, 5.41) is 0. The molecule has 0 radical (unpaired) electrons. The molecule has 5 nitrogen and oxygen atoms in total. The van der Waals surface area contributed by atoms with E-state index in [2.05, 4.69) is 94.6 Å². The number of amides is 1. The van der Waals surface area contributed by atoms with Gasteiger partial charge in [-0.3, -0.25) is 4.79 Å². The molecule has 6 heteroatoms. The zero-order valence-corrected chi connectivity index (χ0v) is 25.1. The number of benzene rings is 3. The van der Waals surface area contributed by atoms with Gasteiger partial charge in [-0.15, -0.1) is 12.4 Å². The van der Waals surface area contributed by atoms with Crippen LogP contribution in [0.1, 0.15) is 67.1 Å². The first-order chi connectivity index (χ1) is 19.5. The van der Waals surface area contributed by atoms with E-state index in [1.807, 2.05) is 25.1 Å². The molecule has 1 saturated heterocycles. The second kappa shape index (κ2) is 13.5. The minimum Gasteiger partial charge on any atom is -0.348 e. The van der Waals surface area contributed by atoms with Crippen LogP contribution >= 0.6 is 12.4 Å².